The van der Waals surface area contributed by atoms with Gasteiger partial charge in [-0.3, -0.25) is 4.79 Å². The van der Waals surface area contributed by atoms with Crippen molar-refractivity contribution in [3.8, 4) is 0 Å². The lowest BCUT2D eigenvalue weighted by Gasteiger charge is -2.13. The molecule has 0 unspecified atom stereocenters. The van der Waals surface area contributed by atoms with E-state index in [0.717, 1.165) is 19.5 Å². The molecule has 0 heterocycles. The van der Waals surface area contributed by atoms with Crippen LogP contribution >= 0.6 is 0 Å². The molecule has 0 bridgehead atoms. The zero-order valence-corrected chi connectivity index (χ0v) is 19.5. The van der Waals surface area contributed by atoms with Gasteiger partial charge in [0.1, 0.15) is 0 Å². The van der Waals surface area contributed by atoms with Crippen molar-refractivity contribution in [2.24, 2.45) is 0 Å². The lowest BCUT2D eigenvalue weighted by atomic mass is 9.97. The average Bonchev–Trinajstić information content (AvgIpc) is 2.74. The molecule has 0 aliphatic heterocycles. The maximum Gasteiger partial charge on any atom is 0.233 e. The molecule has 170 valence electrons. The highest BCUT2D eigenvalue weighted by Crippen LogP contribution is 2.19. The van der Waals surface area contributed by atoms with Gasteiger partial charge in [0, 0.05) is 6.54 Å². The molecule has 29 heavy (non-hydrogen) atoms. The van der Waals surface area contributed by atoms with Crippen LogP contribution in [0.5, 0.6) is 0 Å². The first kappa shape index (κ1) is 26.2. The molecule has 2 N–H and O–H groups in total. The number of carbonyl (C=O) groups is 1. The molecule has 3 nitrogen and oxygen atoms in total. The number of amides is 1. The topological polar surface area (TPSA) is 41.1 Å². The molecule has 0 radical (unpaired) electrons. The average molecular weight is 407 g/mol. The van der Waals surface area contributed by atoms with Crippen LogP contribution in [-0.4, -0.2) is 25.5 Å². The second-order valence-electron chi connectivity index (χ2n) is 8.98. The molecule has 0 saturated heterocycles. The minimum Gasteiger partial charge on any atom is -0.355 e. The summed E-state index contributed by atoms with van der Waals surface area (Å²) in [5.74, 6) is 0.145. The Balaban J connectivity index is 1.73. The van der Waals surface area contributed by atoms with E-state index in [2.05, 4.69) is 23.6 Å². The summed E-state index contributed by atoms with van der Waals surface area (Å²) in [6.07, 6.45) is 28.0. The molecule has 1 rings (SSSR count). The van der Waals surface area contributed by atoms with Crippen LogP contribution in [0.4, 0.5) is 0 Å². The van der Waals surface area contributed by atoms with Crippen molar-refractivity contribution >= 4 is 5.91 Å². The van der Waals surface area contributed by atoms with E-state index in [9.17, 15) is 4.79 Å². The summed E-state index contributed by atoms with van der Waals surface area (Å²) in [5, 5.41) is 6.33. The van der Waals surface area contributed by atoms with Crippen molar-refractivity contribution in [3.05, 3.63) is 11.6 Å². The third-order valence-electron chi connectivity index (χ3n) is 6.15. The maximum absolute atomic E-state index is 11.8. The van der Waals surface area contributed by atoms with Crippen molar-refractivity contribution < 1.29 is 4.79 Å². The lowest BCUT2D eigenvalue weighted by molar-refractivity contribution is -0.120. The molecule has 0 aromatic heterocycles. The molecule has 1 aliphatic rings. The van der Waals surface area contributed by atoms with E-state index < -0.39 is 0 Å². The third-order valence-corrected chi connectivity index (χ3v) is 6.15. The number of hydrogen-bond donors (Lipinski definition) is 2. The van der Waals surface area contributed by atoms with Gasteiger partial charge in [-0.1, -0.05) is 102 Å². The second-order valence-corrected chi connectivity index (χ2v) is 8.98. The van der Waals surface area contributed by atoms with Gasteiger partial charge in [-0.15, -0.1) is 0 Å². The molecule has 0 atom stereocenters. The van der Waals surface area contributed by atoms with Crippen molar-refractivity contribution in [3.63, 3.8) is 0 Å². The molecule has 0 aromatic carbocycles. The van der Waals surface area contributed by atoms with E-state index in [1.54, 1.807) is 0 Å². The van der Waals surface area contributed by atoms with Crippen molar-refractivity contribution in [1.29, 1.82) is 0 Å². The van der Waals surface area contributed by atoms with Crippen LogP contribution in [0, 0.1) is 0 Å². The highest BCUT2D eigenvalue weighted by molar-refractivity contribution is 5.77. The summed E-state index contributed by atoms with van der Waals surface area (Å²) in [6, 6.07) is 0. The number of unbranched alkanes of at least 4 members (excludes halogenated alkanes) is 13. The first-order chi connectivity index (χ1) is 14.3. The highest BCUT2D eigenvalue weighted by atomic mass is 16.1. The Bertz CT molecular complexity index is 406. The van der Waals surface area contributed by atoms with Gasteiger partial charge < -0.3 is 10.6 Å². The molecule has 1 aliphatic carbocycles. The third kappa shape index (κ3) is 17.7. The quantitative estimate of drug-likeness (QED) is 0.168. The zero-order chi connectivity index (χ0) is 20.8. The van der Waals surface area contributed by atoms with Crippen molar-refractivity contribution in [2.45, 2.75) is 129 Å². The minimum atomic E-state index is 0.145. The SMILES string of the molecule is CCCCCCCCCCCCCCCCNCC(=O)NCCC1=CCCCC1. The molecular formula is C26H50N2O. The van der Waals surface area contributed by atoms with E-state index in [1.807, 2.05) is 0 Å². The van der Waals surface area contributed by atoms with Gasteiger partial charge in [-0.05, 0) is 45.1 Å². The molecule has 1 amide bonds. The van der Waals surface area contributed by atoms with Crippen molar-refractivity contribution in [1.82, 2.24) is 10.6 Å². The Labute approximate surface area is 181 Å². The van der Waals surface area contributed by atoms with Crippen LogP contribution in [0.15, 0.2) is 11.6 Å². The molecule has 3 heteroatoms. The summed E-state index contributed by atoms with van der Waals surface area (Å²) in [5.41, 5.74) is 1.53. The fourth-order valence-electron chi connectivity index (χ4n) is 4.20. The fraction of sp³-hybridized carbons (Fsp3) is 0.885. The standard InChI is InChI=1S/C26H50N2O/c1-2-3-4-5-6-7-8-9-10-11-12-13-14-18-22-27-24-26(29)28-23-21-25-19-16-15-17-20-25/h19,27H,2-18,20-24H2,1H3,(H,28,29). The highest BCUT2D eigenvalue weighted by Gasteiger charge is 2.05. The van der Waals surface area contributed by atoms with Crippen LogP contribution in [-0.2, 0) is 4.79 Å². The van der Waals surface area contributed by atoms with Gasteiger partial charge >= 0.3 is 0 Å². The number of hydrogen-bond acceptors (Lipinski definition) is 2. The van der Waals surface area contributed by atoms with E-state index >= 15 is 0 Å². The van der Waals surface area contributed by atoms with Gasteiger partial charge in [0.2, 0.25) is 5.91 Å². The normalized spacial score (nSPS) is 14.0. The number of nitrogens with one attached hydrogen (secondary N) is 2. The van der Waals surface area contributed by atoms with Gasteiger partial charge in [-0.25, -0.2) is 0 Å². The number of carbonyl (C=O) groups excluding carboxylic acids is 1. The molecule has 0 fully saturated rings. The second kappa shape index (κ2) is 20.4. The number of allylic oxidation sites excluding steroid dienone is 1. The molecule has 0 saturated carbocycles. The maximum atomic E-state index is 11.8. The Morgan fingerprint density at radius 3 is 1.93 bits per heavy atom. The summed E-state index contributed by atoms with van der Waals surface area (Å²) in [7, 11) is 0. The van der Waals surface area contributed by atoms with Gasteiger partial charge in [0.25, 0.3) is 0 Å². The van der Waals surface area contributed by atoms with Crippen LogP contribution in [0.1, 0.15) is 129 Å². The first-order valence-corrected chi connectivity index (χ1v) is 13.0. The fourth-order valence-corrected chi connectivity index (χ4v) is 4.20. The van der Waals surface area contributed by atoms with Gasteiger partial charge in [0.15, 0.2) is 0 Å². The molecule has 0 spiro atoms. The van der Waals surface area contributed by atoms with Crippen molar-refractivity contribution in [2.75, 3.05) is 19.6 Å². The van der Waals surface area contributed by atoms with Gasteiger partial charge in [-0.2, -0.15) is 0 Å². The molecule has 0 aromatic rings. The van der Waals surface area contributed by atoms with Crippen LogP contribution < -0.4 is 10.6 Å². The minimum absolute atomic E-state index is 0.145. The monoisotopic (exact) mass is 406 g/mol. The van der Waals surface area contributed by atoms with Crippen LogP contribution in [0.3, 0.4) is 0 Å². The van der Waals surface area contributed by atoms with E-state index in [0.29, 0.717) is 6.54 Å². The van der Waals surface area contributed by atoms with E-state index in [4.69, 9.17) is 0 Å². The zero-order valence-electron chi connectivity index (χ0n) is 19.5. The Hall–Kier alpha value is -0.830. The predicted octanol–water partition coefficient (Wildman–Crippen LogP) is 7.06. The summed E-state index contributed by atoms with van der Waals surface area (Å²) >= 11 is 0. The largest absolute Gasteiger partial charge is 0.355 e. The smallest absolute Gasteiger partial charge is 0.233 e. The first-order valence-electron chi connectivity index (χ1n) is 13.0. The van der Waals surface area contributed by atoms with Crippen LogP contribution in [0.25, 0.3) is 0 Å². The van der Waals surface area contributed by atoms with Crippen LogP contribution in [0.2, 0.25) is 0 Å². The Kier molecular flexibility index (Phi) is 18.5. The number of rotatable bonds is 20. The summed E-state index contributed by atoms with van der Waals surface area (Å²) in [6.45, 7) is 4.52. The van der Waals surface area contributed by atoms with E-state index in [-0.39, 0.29) is 5.91 Å². The lowest BCUT2D eigenvalue weighted by Crippen LogP contribution is -2.34. The Morgan fingerprint density at radius 1 is 0.793 bits per heavy atom. The summed E-state index contributed by atoms with van der Waals surface area (Å²) in [4.78, 5) is 11.8. The Morgan fingerprint density at radius 2 is 1.38 bits per heavy atom. The predicted molar refractivity (Wildman–Crippen MR) is 127 cm³/mol. The van der Waals surface area contributed by atoms with E-state index in [1.165, 1.54) is 121 Å². The molecular weight excluding hydrogens is 356 g/mol. The van der Waals surface area contributed by atoms with Gasteiger partial charge in [0.05, 0.1) is 6.54 Å². The summed E-state index contributed by atoms with van der Waals surface area (Å²) < 4.78 is 0.